The Labute approximate surface area is 166 Å². The van der Waals surface area contributed by atoms with Crippen LogP contribution in [0.3, 0.4) is 0 Å². The van der Waals surface area contributed by atoms with Gasteiger partial charge in [0.25, 0.3) is 0 Å². The highest BCUT2D eigenvalue weighted by molar-refractivity contribution is 7.88. The van der Waals surface area contributed by atoms with Crippen LogP contribution in [0.15, 0.2) is 24.3 Å². The van der Waals surface area contributed by atoms with Crippen LogP contribution in [-0.2, 0) is 30.9 Å². The number of hydrogen-bond acceptors (Lipinski definition) is 6. The second-order valence-corrected chi connectivity index (χ2v) is 8.44. The molecule has 0 radical (unpaired) electrons. The summed E-state index contributed by atoms with van der Waals surface area (Å²) in [5.41, 5.74) is 0.785. The van der Waals surface area contributed by atoms with Crippen molar-refractivity contribution in [3.63, 3.8) is 0 Å². The maximum absolute atomic E-state index is 12.8. The molecular weight excluding hydrogens is 386 g/mol. The largest absolute Gasteiger partial charge is 0.497 e. The van der Waals surface area contributed by atoms with E-state index in [1.54, 1.807) is 38.3 Å². The minimum Gasteiger partial charge on any atom is -0.497 e. The van der Waals surface area contributed by atoms with Crippen LogP contribution in [0.4, 0.5) is 0 Å². The van der Waals surface area contributed by atoms with Gasteiger partial charge in [0.1, 0.15) is 11.8 Å². The molecule has 0 aliphatic rings. The van der Waals surface area contributed by atoms with Crippen LogP contribution in [-0.4, -0.2) is 82.7 Å². The number of rotatable bonds is 11. The molecule has 1 atom stereocenters. The van der Waals surface area contributed by atoms with Crippen molar-refractivity contribution in [2.24, 2.45) is 0 Å². The molecule has 28 heavy (non-hydrogen) atoms. The number of benzene rings is 1. The molecule has 0 spiro atoms. The van der Waals surface area contributed by atoms with Crippen LogP contribution in [0.2, 0.25) is 0 Å². The SMILES string of the molecule is COCCNC(=O)[C@@H](C)N(Cc1ccc(OC)cc1)C(=O)CN(C)S(C)(=O)=O. The normalized spacial score (nSPS) is 12.5. The zero-order chi connectivity index (χ0) is 21.3. The van der Waals surface area contributed by atoms with Crippen LogP contribution in [0.1, 0.15) is 12.5 Å². The molecule has 0 heterocycles. The van der Waals surface area contributed by atoms with Crippen molar-refractivity contribution in [2.75, 3.05) is 47.2 Å². The molecule has 1 aromatic carbocycles. The Bertz CT molecular complexity index is 751. The molecule has 0 unspecified atom stereocenters. The molecule has 1 rings (SSSR count). The number of amides is 2. The maximum atomic E-state index is 12.8. The molecule has 1 aromatic rings. The van der Waals surface area contributed by atoms with Gasteiger partial charge in [0.15, 0.2) is 0 Å². The number of carbonyl (C=O) groups excluding carboxylic acids is 2. The molecule has 2 amide bonds. The fourth-order valence-corrected chi connectivity index (χ4v) is 2.68. The predicted molar refractivity (Wildman–Crippen MR) is 105 cm³/mol. The first-order chi connectivity index (χ1) is 13.1. The molecule has 0 saturated heterocycles. The first kappa shape index (κ1) is 23.9. The van der Waals surface area contributed by atoms with Gasteiger partial charge in [-0.25, -0.2) is 8.42 Å². The highest BCUT2D eigenvalue weighted by Crippen LogP contribution is 2.15. The molecule has 9 nitrogen and oxygen atoms in total. The minimum atomic E-state index is -3.52. The summed E-state index contributed by atoms with van der Waals surface area (Å²) >= 11 is 0. The summed E-state index contributed by atoms with van der Waals surface area (Å²) in [6.07, 6.45) is 1.02. The lowest BCUT2D eigenvalue weighted by molar-refractivity contribution is -0.140. The van der Waals surface area contributed by atoms with Gasteiger partial charge in [0.05, 0.1) is 26.5 Å². The second-order valence-electron chi connectivity index (χ2n) is 6.35. The van der Waals surface area contributed by atoms with E-state index in [-0.39, 0.29) is 19.0 Å². The smallest absolute Gasteiger partial charge is 0.242 e. The van der Waals surface area contributed by atoms with E-state index >= 15 is 0 Å². The van der Waals surface area contributed by atoms with E-state index in [0.717, 1.165) is 16.1 Å². The molecular formula is C18H29N3O6S. The molecule has 0 aliphatic carbocycles. The van der Waals surface area contributed by atoms with Gasteiger partial charge in [-0.1, -0.05) is 12.1 Å². The number of carbonyl (C=O) groups is 2. The quantitative estimate of drug-likeness (QED) is 0.513. The number of ether oxygens (including phenoxy) is 2. The molecule has 0 aromatic heterocycles. The minimum absolute atomic E-state index is 0.152. The highest BCUT2D eigenvalue weighted by Gasteiger charge is 2.28. The van der Waals surface area contributed by atoms with Gasteiger partial charge in [-0.2, -0.15) is 4.31 Å². The second kappa shape index (κ2) is 11.0. The van der Waals surface area contributed by atoms with Crippen molar-refractivity contribution in [3.05, 3.63) is 29.8 Å². The third-order valence-corrected chi connectivity index (χ3v) is 5.47. The van der Waals surface area contributed by atoms with Crippen LogP contribution in [0, 0.1) is 0 Å². The van der Waals surface area contributed by atoms with Gasteiger partial charge in [-0.3, -0.25) is 9.59 Å². The number of nitrogens with one attached hydrogen (secondary N) is 1. The molecule has 0 fully saturated rings. The Kier molecular flexibility index (Phi) is 9.36. The Balaban J connectivity index is 3.00. The van der Waals surface area contributed by atoms with Gasteiger partial charge in [-0.15, -0.1) is 0 Å². The lowest BCUT2D eigenvalue weighted by Crippen LogP contribution is -2.50. The maximum Gasteiger partial charge on any atom is 0.242 e. The lowest BCUT2D eigenvalue weighted by atomic mass is 10.1. The summed E-state index contributed by atoms with van der Waals surface area (Å²) in [7, 11) is 0.875. The van der Waals surface area contributed by atoms with Crippen molar-refractivity contribution in [1.82, 2.24) is 14.5 Å². The standard InChI is InChI=1S/C18H29N3O6S/c1-14(18(23)19-10-11-26-3)21(17(22)13-20(2)28(5,24)25)12-15-6-8-16(27-4)9-7-15/h6-9,14H,10-13H2,1-5H3,(H,19,23)/t14-/m1/s1. The fraction of sp³-hybridized carbons (Fsp3) is 0.556. The van der Waals surface area contributed by atoms with Gasteiger partial charge in [-0.05, 0) is 24.6 Å². The van der Waals surface area contributed by atoms with Gasteiger partial charge in [0, 0.05) is 27.2 Å². The van der Waals surface area contributed by atoms with Crippen molar-refractivity contribution in [2.45, 2.75) is 19.5 Å². The summed E-state index contributed by atoms with van der Waals surface area (Å²) < 4.78 is 34.3. The Morgan fingerprint density at radius 1 is 1.18 bits per heavy atom. The number of sulfonamides is 1. The Morgan fingerprint density at radius 2 is 1.79 bits per heavy atom. The average molecular weight is 416 g/mol. The van der Waals surface area contributed by atoms with Crippen LogP contribution >= 0.6 is 0 Å². The number of hydrogen-bond donors (Lipinski definition) is 1. The molecule has 10 heteroatoms. The first-order valence-electron chi connectivity index (χ1n) is 8.70. The predicted octanol–water partition coefficient (Wildman–Crippen LogP) is 0.0663. The summed E-state index contributed by atoms with van der Waals surface area (Å²) in [4.78, 5) is 26.6. The summed E-state index contributed by atoms with van der Waals surface area (Å²) in [5.74, 6) is -0.150. The number of likely N-dealkylation sites (N-methyl/N-ethyl adjacent to an activating group) is 1. The number of nitrogens with zero attached hydrogens (tertiary/aromatic N) is 2. The monoisotopic (exact) mass is 415 g/mol. The van der Waals surface area contributed by atoms with Crippen molar-refractivity contribution < 1.29 is 27.5 Å². The van der Waals surface area contributed by atoms with E-state index in [9.17, 15) is 18.0 Å². The average Bonchev–Trinajstić information content (AvgIpc) is 2.65. The molecule has 0 saturated carbocycles. The zero-order valence-electron chi connectivity index (χ0n) is 17.0. The molecule has 0 bridgehead atoms. The van der Waals surface area contributed by atoms with Gasteiger partial charge < -0.3 is 19.7 Å². The van der Waals surface area contributed by atoms with E-state index < -0.39 is 22.0 Å². The topological polar surface area (TPSA) is 105 Å². The summed E-state index contributed by atoms with van der Waals surface area (Å²) in [5, 5.41) is 2.70. The van der Waals surface area contributed by atoms with Crippen molar-refractivity contribution in [3.8, 4) is 5.75 Å². The van der Waals surface area contributed by atoms with Gasteiger partial charge >= 0.3 is 0 Å². The Hall–Kier alpha value is -2.17. The van der Waals surface area contributed by atoms with E-state index in [1.807, 2.05) is 0 Å². The fourth-order valence-electron chi connectivity index (χ4n) is 2.33. The number of methoxy groups -OCH3 is 2. The molecule has 158 valence electrons. The third kappa shape index (κ3) is 7.45. The highest BCUT2D eigenvalue weighted by atomic mass is 32.2. The molecule has 0 aliphatic heterocycles. The van der Waals surface area contributed by atoms with E-state index in [1.165, 1.54) is 19.1 Å². The summed E-state index contributed by atoms with van der Waals surface area (Å²) in [6.45, 7) is 2.06. The van der Waals surface area contributed by atoms with E-state index in [2.05, 4.69) is 5.32 Å². The van der Waals surface area contributed by atoms with Crippen LogP contribution in [0.25, 0.3) is 0 Å². The van der Waals surface area contributed by atoms with Crippen LogP contribution < -0.4 is 10.1 Å². The molecule has 1 N–H and O–H groups in total. The van der Waals surface area contributed by atoms with E-state index in [4.69, 9.17) is 9.47 Å². The third-order valence-electron chi connectivity index (χ3n) is 4.21. The van der Waals surface area contributed by atoms with Crippen LogP contribution in [0.5, 0.6) is 5.75 Å². The lowest BCUT2D eigenvalue weighted by Gasteiger charge is -2.30. The van der Waals surface area contributed by atoms with Crippen molar-refractivity contribution >= 4 is 21.8 Å². The Morgan fingerprint density at radius 3 is 2.29 bits per heavy atom. The zero-order valence-corrected chi connectivity index (χ0v) is 17.8. The van der Waals surface area contributed by atoms with Gasteiger partial charge in [0.2, 0.25) is 21.8 Å². The van der Waals surface area contributed by atoms with E-state index in [0.29, 0.717) is 18.9 Å². The van der Waals surface area contributed by atoms with Crippen molar-refractivity contribution in [1.29, 1.82) is 0 Å². The first-order valence-corrected chi connectivity index (χ1v) is 10.5. The summed E-state index contributed by atoms with van der Waals surface area (Å²) in [6, 6.07) is 6.29.